The van der Waals surface area contributed by atoms with E-state index in [4.69, 9.17) is 4.42 Å². The van der Waals surface area contributed by atoms with Crippen LogP contribution >= 0.6 is 0 Å². The standard InChI is InChI=1S/C12H12N2O2/c15-12(7-10-3-1-5-13-8-10)14-9-11-4-2-6-16-11/h1-6,8H,7,9H2,(H,14,15). The summed E-state index contributed by atoms with van der Waals surface area (Å²) in [5.41, 5.74) is 0.902. The first kappa shape index (κ1) is 10.4. The van der Waals surface area contributed by atoms with Crippen LogP contribution in [0.4, 0.5) is 0 Å². The van der Waals surface area contributed by atoms with Crippen molar-refractivity contribution in [2.24, 2.45) is 0 Å². The minimum Gasteiger partial charge on any atom is -0.467 e. The lowest BCUT2D eigenvalue weighted by Crippen LogP contribution is -2.24. The molecule has 0 aliphatic carbocycles. The summed E-state index contributed by atoms with van der Waals surface area (Å²) >= 11 is 0. The Hall–Kier alpha value is -2.10. The van der Waals surface area contributed by atoms with Gasteiger partial charge in [0.05, 0.1) is 19.2 Å². The van der Waals surface area contributed by atoms with E-state index in [0.717, 1.165) is 11.3 Å². The van der Waals surface area contributed by atoms with Crippen LogP contribution in [0.5, 0.6) is 0 Å². The number of carbonyl (C=O) groups excluding carboxylic acids is 1. The van der Waals surface area contributed by atoms with E-state index < -0.39 is 0 Å². The van der Waals surface area contributed by atoms with Gasteiger partial charge in [0.25, 0.3) is 0 Å². The van der Waals surface area contributed by atoms with E-state index in [1.807, 2.05) is 18.2 Å². The Labute approximate surface area is 93.3 Å². The van der Waals surface area contributed by atoms with Crippen molar-refractivity contribution in [1.82, 2.24) is 10.3 Å². The third-order valence-corrected chi connectivity index (χ3v) is 2.13. The summed E-state index contributed by atoms with van der Waals surface area (Å²) in [6.45, 7) is 0.423. The Morgan fingerprint density at radius 1 is 1.38 bits per heavy atom. The quantitative estimate of drug-likeness (QED) is 0.843. The first-order chi connectivity index (χ1) is 7.84. The van der Waals surface area contributed by atoms with Crippen LogP contribution in [-0.2, 0) is 17.8 Å². The first-order valence-electron chi connectivity index (χ1n) is 5.02. The smallest absolute Gasteiger partial charge is 0.224 e. The fourth-order valence-electron chi connectivity index (χ4n) is 1.35. The Balaban J connectivity index is 1.81. The van der Waals surface area contributed by atoms with E-state index in [9.17, 15) is 4.79 Å². The van der Waals surface area contributed by atoms with E-state index in [1.54, 1.807) is 24.7 Å². The maximum Gasteiger partial charge on any atom is 0.224 e. The highest BCUT2D eigenvalue weighted by molar-refractivity contribution is 5.78. The Kier molecular flexibility index (Phi) is 3.33. The van der Waals surface area contributed by atoms with Crippen LogP contribution in [0.3, 0.4) is 0 Å². The number of carbonyl (C=O) groups is 1. The van der Waals surface area contributed by atoms with Gasteiger partial charge >= 0.3 is 0 Å². The largest absolute Gasteiger partial charge is 0.467 e. The lowest BCUT2D eigenvalue weighted by atomic mass is 10.2. The molecule has 2 aromatic heterocycles. The summed E-state index contributed by atoms with van der Waals surface area (Å²) in [6, 6.07) is 7.31. The monoisotopic (exact) mass is 216 g/mol. The van der Waals surface area contributed by atoms with Crippen LogP contribution in [0.2, 0.25) is 0 Å². The summed E-state index contributed by atoms with van der Waals surface area (Å²) in [5, 5.41) is 2.77. The number of furan rings is 1. The fourth-order valence-corrected chi connectivity index (χ4v) is 1.35. The van der Waals surface area contributed by atoms with E-state index in [0.29, 0.717) is 13.0 Å². The molecule has 0 unspecified atom stereocenters. The molecule has 82 valence electrons. The summed E-state index contributed by atoms with van der Waals surface area (Å²) in [4.78, 5) is 15.5. The molecule has 0 fully saturated rings. The second-order valence-corrected chi connectivity index (χ2v) is 3.39. The molecule has 2 rings (SSSR count). The van der Waals surface area contributed by atoms with Crippen molar-refractivity contribution in [3.8, 4) is 0 Å². The number of aromatic nitrogens is 1. The number of nitrogens with one attached hydrogen (secondary N) is 1. The van der Waals surface area contributed by atoms with Gasteiger partial charge in [-0.1, -0.05) is 6.07 Å². The zero-order valence-corrected chi connectivity index (χ0v) is 8.72. The Morgan fingerprint density at radius 2 is 2.31 bits per heavy atom. The Morgan fingerprint density at radius 3 is 3.00 bits per heavy atom. The van der Waals surface area contributed by atoms with Crippen LogP contribution in [-0.4, -0.2) is 10.9 Å². The molecule has 0 bridgehead atoms. The molecule has 16 heavy (non-hydrogen) atoms. The maximum atomic E-state index is 11.5. The lowest BCUT2D eigenvalue weighted by molar-refractivity contribution is -0.120. The summed E-state index contributed by atoms with van der Waals surface area (Å²) in [6.07, 6.45) is 5.30. The van der Waals surface area contributed by atoms with Gasteiger partial charge in [-0.15, -0.1) is 0 Å². The highest BCUT2D eigenvalue weighted by atomic mass is 16.3. The molecule has 1 amide bonds. The van der Waals surface area contributed by atoms with Gasteiger partial charge in [0.1, 0.15) is 5.76 Å². The maximum absolute atomic E-state index is 11.5. The van der Waals surface area contributed by atoms with Crippen molar-refractivity contribution >= 4 is 5.91 Å². The van der Waals surface area contributed by atoms with Gasteiger partial charge in [-0.2, -0.15) is 0 Å². The predicted molar refractivity (Wildman–Crippen MR) is 58.5 cm³/mol. The number of nitrogens with zero attached hydrogens (tertiary/aromatic N) is 1. The molecule has 0 aliphatic rings. The summed E-state index contributed by atoms with van der Waals surface area (Å²) in [5.74, 6) is 0.712. The first-order valence-corrected chi connectivity index (χ1v) is 5.02. The molecule has 4 heteroatoms. The zero-order chi connectivity index (χ0) is 11.2. The summed E-state index contributed by atoms with van der Waals surface area (Å²) < 4.78 is 5.11. The Bertz CT molecular complexity index is 437. The second kappa shape index (κ2) is 5.11. The molecule has 0 aromatic carbocycles. The number of pyridine rings is 1. The summed E-state index contributed by atoms with van der Waals surface area (Å²) in [7, 11) is 0. The predicted octanol–water partition coefficient (Wildman–Crippen LogP) is 1.53. The molecule has 0 atom stereocenters. The molecule has 0 radical (unpaired) electrons. The SMILES string of the molecule is O=C(Cc1cccnc1)NCc1ccco1. The van der Waals surface area contributed by atoms with Gasteiger partial charge in [0.2, 0.25) is 5.91 Å². The van der Waals surface area contributed by atoms with Gasteiger partial charge < -0.3 is 9.73 Å². The molecule has 0 spiro atoms. The van der Waals surface area contributed by atoms with E-state index in [-0.39, 0.29) is 5.91 Å². The van der Waals surface area contributed by atoms with E-state index in [1.165, 1.54) is 0 Å². The lowest BCUT2D eigenvalue weighted by Gasteiger charge is -2.02. The van der Waals surface area contributed by atoms with Gasteiger partial charge in [-0.25, -0.2) is 0 Å². The minimum absolute atomic E-state index is 0.0376. The molecule has 0 saturated heterocycles. The molecule has 0 aliphatic heterocycles. The molecule has 4 nitrogen and oxygen atoms in total. The molecule has 0 saturated carbocycles. The highest BCUT2D eigenvalue weighted by Gasteiger charge is 2.03. The number of hydrogen-bond donors (Lipinski definition) is 1. The van der Waals surface area contributed by atoms with E-state index >= 15 is 0 Å². The van der Waals surface area contributed by atoms with Crippen LogP contribution < -0.4 is 5.32 Å². The minimum atomic E-state index is -0.0376. The average molecular weight is 216 g/mol. The molecule has 2 aromatic rings. The molecular formula is C12H12N2O2. The molecular weight excluding hydrogens is 204 g/mol. The van der Waals surface area contributed by atoms with Crippen molar-refractivity contribution in [2.45, 2.75) is 13.0 Å². The third kappa shape index (κ3) is 2.95. The third-order valence-electron chi connectivity index (χ3n) is 2.13. The fraction of sp³-hybridized carbons (Fsp3) is 0.167. The topological polar surface area (TPSA) is 55.1 Å². The van der Waals surface area contributed by atoms with Crippen molar-refractivity contribution in [3.63, 3.8) is 0 Å². The van der Waals surface area contributed by atoms with Crippen molar-refractivity contribution in [3.05, 3.63) is 54.2 Å². The second-order valence-electron chi connectivity index (χ2n) is 3.39. The molecule has 2 heterocycles. The molecule has 1 N–H and O–H groups in total. The van der Waals surface area contributed by atoms with Crippen LogP contribution in [0.15, 0.2) is 47.3 Å². The number of hydrogen-bond acceptors (Lipinski definition) is 3. The van der Waals surface area contributed by atoms with Gasteiger partial charge in [-0.3, -0.25) is 9.78 Å². The average Bonchev–Trinajstić information content (AvgIpc) is 2.81. The van der Waals surface area contributed by atoms with Gasteiger partial charge in [0.15, 0.2) is 0 Å². The van der Waals surface area contributed by atoms with Gasteiger partial charge in [-0.05, 0) is 23.8 Å². The van der Waals surface area contributed by atoms with E-state index in [2.05, 4.69) is 10.3 Å². The number of amides is 1. The van der Waals surface area contributed by atoms with Crippen molar-refractivity contribution in [1.29, 1.82) is 0 Å². The van der Waals surface area contributed by atoms with Crippen molar-refractivity contribution < 1.29 is 9.21 Å². The van der Waals surface area contributed by atoms with Crippen molar-refractivity contribution in [2.75, 3.05) is 0 Å². The highest BCUT2D eigenvalue weighted by Crippen LogP contribution is 2.00. The van der Waals surface area contributed by atoms with Gasteiger partial charge in [0, 0.05) is 12.4 Å². The van der Waals surface area contributed by atoms with Crippen LogP contribution in [0.1, 0.15) is 11.3 Å². The number of rotatable bonds is 4. The van der Waals surface area contributed by atoms with Crippen LogP contribution in [0, 0.1) is 0 Å². The van der Waals surface area contributed by atoms with Crippen LogP contribution in [0.25, 0.3) is 0 Å². The normalized spacial score (nSPS) is 10.0. The zero-order valence-electron chi connectivity index (χ0n) is 8.72.